The minimum absolute atomic E-state index is 0.261. The molecule has 0 aliphatic rings. The van der Waals surface area contributed by atoms with Gasteiger partial charge in [0.25, 0.3) is 0 Å². The molecule has 0 unspecified atom stereocenters. The highest BCUT2D eigenvalue weighted by atomic mass is 32.2. The van der Waals surface area contributed by atoms with Gasteiger partial charge in [0.1, 0.15) is 0 Å². The van der Waals surface area contributed by atoms with Crippen LogP contribution < -0.4 is 5.73 Å². The summed E-state index contributed by atoms with van der Waals surface area (Å²) in [4.78, 5) is 12.9. The van der Waals surface area contributed by atoms with Crippen LogP contribution in [0.3, 0.4) is 0 Å². The van der Waals surface area contributed by atoms with E-state index in [0.717, 1.165) is 23.4 Å². The van der Waals surface area contributed by atoms with Gasteiger partial charge in [-0.25, -0.2) is 0 Å². The number of hydrogen-bond acceptors (Lipinski definition) is 3. The SMILES string of the molecule is CCCCCCCCC=CCCCCCCCC(=O)Sc1ccc(N)cc1. The Morgan fingerprint density at radius 1 is 0.815 bits per heavy atom. The molecule has 1 aromatic carbocycles. The van der Waals surface area contributed by atoms with E-state index in [2.05, 4.69) is 19.1 Å². The van der Waals surface area contributed by atoms with Crippen molar-refractivity contribution in [3.8, 4) is 0 Å². The van der Waals surface area contributed by atoms with Crippen LogP contribution in [0.1, 0.15) is 96.8 Å². The van der Waals surface area contributed by atoms with E-state index in [4.69, 9.17) is 5.73 Å². The Kier molecular flexibility index (Phi) is 14.9. The number of hydrogen-bond donors (Lipinski definition) is 1. The molecule has 2 N–H and O–H groups in total. The minimum atomic E-state index is 0.261. The van der Waals surface area contributed by atoms with E-state index in [1.54, 1.807) is 0 Å². The van der Waals surface area contributed by atoms with Gasteiger partial charge in [-0.05, 0) is 56.4 Å². The molecule has 1 aromatic rings. The molecule has 0 aromatic heterocycles. The number of nitrogen functional groups attached to an aromatic ring is 1. The second kappa shape index (κ2) is 16.9. The van der Waals surface area contributed by atoms with Crippen molar-refractivity contribution in [2.45, 2.75) is 102 Å². The quantitative estimate of drug-likeness (QED) is 0.135. The van der Waals surface area contributed by atoms with Crippen molar-refractivity contribution in [3.63, 3.8) is 0 Å². The van der Waals surface area contributed by atoms with Gasteiger partial charge in [-0.2, -0.15) is 0 Å². The molecule has 152 valence electrons. The van der Waals surface area contributed by atoms with Crippen molar-refractivity contribution in [1.29, 1.82) is 0 Å². The number of anilines is 1. The van der Waals surface area contributed by atoms with E-state index >= 15 is 0 Å². The van der Waals surface area contributed by atoms with Gasteiger partial charge >= 0.3 is 0 Å². The Bertz CT molecular complexity index is 510. The Hall–Kier alpha value is -1.22. The second-order valence-electron chi connectivity index (χ2n) is 7.38. The molecule has 0 heterocycles. The summed E-state index contributed by atoms with van der Waals surface area (Å²) in [6, 6.07) is 7.52. The van der Waals surface area contributed by atoms with Crippen LogP contribution in [0.5, 0.6) is 0 Å². The lowest BCUT2D eigenvalue weighted by molar-refractivity contribution is -0.111. The summed E-state index contributed by atoms with van der Waals surface area (Å²) in [5.74, 6) is 0. The first kappa shape index (κ1) is 23.8. The summed E-state index contributed by atoms with van der Waals surface area (Å²) in [7, 11) is 0. The van der Waals surface area contributed by atoms with Crippen LogP contribution in [0.15, 0.2) is 41.3 Å². The summed E-state index contributed by atoms with van der Waals surface area (Å²) < 4.78 is 0. The van der Waals surface area contributed by atoms with E-state index < -0.39 is 0 Å². The monoisotopic (exact) mass is 389 g/mol. The number of unbranched alkanes of at least 4 members (excludes halogenated alkanes) is 11. The normalized spacial score (nSPS) is 11.3. The zero-order valence-corrected chi connectivity index (χ0v) is 18.1. The molecule has 0 saturated carbocycles. The molecule has 0 bridgehead atoms. The standard InChI is InChI=1S/C24H39NOS/c1-2-3-4-5-6-7-8-9-10-11-12-13-14-15-16-17-24(26)27-23-20-18-22(25)19-21-23/h9-10,18-21H,2-8,11-17,25H2,1H3. The molecule has 3 heteroatoms. The third-order valence-electron chi connectivity index (χ3n) is 4.75. The van der Waals surface area contributed by atoms with Crippen molar-refractivity contribution in [1.82, 2.24) is 0 Å². The summed E-state index contributed by atoms with van der Waals surface area (Å²) in [5.41, 5.74) is 6.40. The van der Waals surface area contributed by atoms with Crippen molar-refractivity contribution < 1.29 is 4.79 Å². The molecule has 1 rings (SSSR count). The minimum Gasteiger partial charge on any atom is -0.399 e. The predicted octanol–water partition coefficient (Wildman–Crippen LogP) is 7.93. The lowest BCUT2D eigenvalue weighted by atomic mass is 10.1. The predicted molar refractivity (Wildman–Crippen MR) is 121 cm³/mol. The van der Waals surface area contributed by atoms with E-state index in [1.165, 1.54) is 82.4 Å². The van der Waals surface area contributed by atoms with E-state index in [1.807, 2.05) is 24.3 Å². The molecule has 0 aliphatic heterocycles. The van der Waals surface area contributed by atoms with E-state index in [0.29, 0.717) is 6.42 Å². The fraction of sp³-hybridized carbons (Fsp3) is 0.625. The summed E-state index contributed by atoms with van der Waals surface area (Å²) in [6.45, 7) is 2.27. The maximum atomic E-state index is 12.0. The Morgan fingerprint density at radius 3 is 1.93 bits per heavy atom. The van der Waals surface area contributed by atoms with Gasteiger partial charge in [0.05, 0.1) is 0 Å². The van der Waals surface area contributed by atoms with Crippen LogP contribution in [0.25, 0.3) is 0 Å². The summed E-state index contributed by atoms with van der Waals surface area (Å²) >= 11 is 1.34. The summed E-state index contributed by atoms with van der Waals surface area (Å²) in [5, 5.41) is 0.261. The molecule has 0 radical (unpaired) electrons. The Labute approximate surface area is 171 Å². The average Bonchev–Trinajstić information content (AvgIpc) is 2.66. The largest absolute Gasteiger partial charge is 0.399 e. The van der Waals surface area contributed by atoms with Gasteiger partial charge in [0, 0.05) is 17.0 Å². The maximum Gasteiger partial charge on any atom is 0.193 e. The highest BCUT2D eigenvalue weighted by Crippen LogP contribution is 2.22. The van der Waals surface area contributed by atoms with Gasteiger partial charge in [-0.3, -0.25) is 4.79 Å². The number of benzene rings is 1. The van der Waals surface area contributed by atoms with Gasteiger partial charge in [-0.15, -0.1) is 0 Å². The fourth-order valence-electron chi connectivity index (χ4n) is 3.06. The molecular formula is C24H39NOS. The topological polar surface area (TPSA) is 43.1 Å². The number of allylic oxidation sites excluding steroid dienone is 2. The molecule has 0 fully saturated rings. The maximum absolute atomic E-state index is 12.0. The average molecular weight is 390 g/mol. The van der Waals surface area contributed by atoms with Gasteiger partial charge in [0.15, 0.2) is 5.12 Å². The zero-order valence-electron chi connectivity index (χ0n) is 17.3. The molecule has 0 atom stereocenters. The smallest absolute Gasteiger partial charge is 0.193 e. The highest BCUT2D eigenvalue weighted by Gasteiger charge is 2.04. The number of rotatable bonds is 16. The third-order valence-corrected chi connectivity index (χ3v) is 5.69. The van der Waals surface area contributed by atoms with Crippen molar-refractivity contribution in [2.75, 3.05) is 5.73 Å². The lowest BCUT2D eigenvalue weighted by Crippen LogP contribution is -1.92. The summed E-state index contributed by atoms with van der Waals surface area (Å²) in [6.07, 6.45) is 22.1. The Balaban J connectivity index is 1.86. The zero-order chi connectivity index (χ0) is 19.6. The third kappa shape index (κ3) is 14.5. The molecule has 0 aliphatic carbocycles. The number of carbonyl (C=O) groups excluding carboxylic acids is 1. The van der Waals surface area contributed by atoms with E-state index in [-0.39, 0.29) is 5.12 Å². The van der Waals surface area contributed by atoms with Gasteiger partial charge < -0.3 is 5.73 Å². The van der Waals surface area contributed by atoms with Gasteiger partial charge in [-0.1, -0.05) is 82.2 Å². The molecular weight excluding hydrogens is 350 g/mol. The molecule has 0 saturated heterocycles. The molecule has 2 nitrogen and oxygen atoms in total. The first-order valence-electron chi connectivity index (χ1n) is 10.9. The van der Waals surface area contributed by atoms with Crippen molar-refractivity contribution in [2.24, 2.45) is 0 Å². The van der Waals surface area contributed by atoms with E-state index in [9.17, 15) is 4.79 Å². The van der Waals surface area contributed by atoms with Crippen LogP contribution in [0.2, 0.25) is 0 Å². The van der Waals surface area contributed by atoms with Crippen molar-refractivity contribution in [3.05, 3.63) is 36.4 Å². The Morgan fingerprint density at radius 2 is 1.33 bits per heavy atom. The van der Waals surface area contributed by atoms with Crippen molar-refractivity contribution >= 4 is 22.6 Å². The van der Waals surface area contributed by atoms with Gasteiger partial charge in [0.2, 0.25) is 0 Å². The highest BCUT2D eigenvalue weighted by molar-refractivity contribution is 8.13. The van der Waals surface area contributed by atoms with Crippen LogP contribution in [-0.2, 0) is 4.79 Å². The first-order chi connectivity index (χ1) is 13.2. The van der Waals surface area contributed by atoms with Crippen LogP contribution in [0.4, 0.5) is 5.69 Å². The second-order valence-corrected chi connectivity index (χ2v) is 8.51. The molecule has 0 spiro atoms. The number of carbonyl (C=O) groups is 1. The molecule has 27 heavy (non-hydrogen) atoms. The molecule has 0 amide bonds. The number of thioether (sulfide) groups is 1. The lowest BCUT2D eigenvalue weighted by Gasteiger charge is -2.02. The van der Waals surface area contributed by atoms with Crippen LogP contribution in [-0.4, -0.2) is 5.12 Å². The van der Waals surface area contributed by atoms with Crippen LogP contribution in [0, 0.1) is 0 Å². The first-order valence-corrected chi connectivity index (χ1v) is 11.7. The van der Waals surface area contributed by atoms with Crippen LogP contribution >= 0.6 is 11.8 Å². The number of nitrogens with two attached hydrogens (primary N) is 1. The fourth-order valence-corrected chi connectivity index (χ4v) is 3.84.